The van der Waals surface area contributed by atoms with Gasteiger partial charge in [0.25, 0.3) is 5.91 Å². The van der Waals surface area contributed by atoms with E-state index in [0.717, 1.165) is 11.3 Å². The molecule has 1 amide bonds. The fraction of sp³-hybridized carbons (Fsp3) is 0.0526. The van der Waals surface area contributed by atoms with E-state index in [0.29, 0.717) is 22.6 Å². The second-order valence-electron chi connectivity index (χ2n) is 5.69. The van der Waals surface area contributed by atoms with Gasteiger partial charge in [-0.15, -0.1) is 11.3 Å². The number of amides is 1. The fourth-order valence-corrected chi connectivity index (χ4v) is 3.20. The smallest absolute Gasteiger partial charge is 0.255 e. The first-order valence-corrected chi connectivity index (χ1v) is 8.90. The molecule has 0 atom stereocenters. The second-order valence-corrected chi connectivity index (χ2v) is 6.41. The minimum atomic E-state index is -0.202. The largest absolute Gasteiger partial charge is 0.319 e. The van der Waals surface area contributed by atoms with Crippen molar-refractivity contribution in [2.24, 2.45) is 7.05 Å². The first kappa shape index (κ1) is 16.2. The summed E-state index contributed by atoms with van der Waals surface area (Å²) >= 11 is 1.52. The molecule has 4 rings (SSSR count). The Kier molecular flexibility index (Phi) is 4.28. The van der Waals surface area contributed by atoms with E-state index in [1.54, 1.807) is 28.7 Å². The van der Waals surface area contributed by atoms with Crippen molar-refractivity contribution in [1.82, 2.24) is 19.7 Å². The summed E-state index contributed by atoms with van der Waals surface area (Å²) in [6.07, 6.45) is 3.47. The molecule has 0 saturated carbocycles. The van der Waals surface area contributed by atoms with E-state index in [-0.39, 0.29) is 5.91 Å². The van der Waals surface area contributed by atoms with Crippen LogP contribution in [-0.4, -0.2) is 25.7 Å². The third-order valence-corrected chi connectivity index (χ3v) is 4.42. The minimum absolute atomic E-state index is 0.202. The van der Waals surface area contributed by atoms with Crippen molar-refractivity contribution < 1.29 is 4.79 Å². The average molecular weight is 361 g/mol. The van der Waals surface area contributed by atoms with Crippen molar-refractivity contribution >= 4 is 22.9 Å². The van der Waals surface area contributed by atoms with Crippen molar-refractivity contribution in [1.29, 1.82) is 0 Å². The standard InChI is InChI=1S/C19H15N5OS/c1-24-10-16(18(23-24)15-7-2-3-8-20-15)22-19(25)14-6-4-5-13(9-14)17-11-26-12-21-17/h2-12H,1H3,(H,22,25). The number of nitrogens with zero attached hydrogens (tertiary/aromatic N) is 4. The van der Waals surface area contributed by atoms with Crippen molar-refractivity contribution in [3.63, 3.8) is 0 Å². The number of carbonyl (C=O) groups excluding carboxylic acids is 1. The van der Waals surface area contributed by atoms with Gasteiger partial charge in [-0.25, -0.2) is 4.98 Å². The summed E-state index contributed by atoms with van der Waals surface area (Å²) in [5.41, 5.74) is 6.07. The molecule has 7 heteroatoms. The molecule has 128 valence electrons. The number of aromatic nitrogens is 4. The predicted octanol–water partition coefficient (Wildman–Crippen LogP) is 3.86. The number of rotatable bonds is 4. The Balaban J connectivity index is 1.63. The summed E-state index contributed by atoms with van der Waals surface area (Å²) in [6.45, 7) is 0. The van der Waals surface area contributed by atoms with Crippen molar-refractivity contribution in [3.05, 3.63) is 71.3 Å². The van der Waals surface area contributed by atoms with Gasteiger partial charge in [0.05, 0.1) is 22.6 Å². The van der Waals surface area contributed by atoms with E-state index in [2.05, 4.69) is 20.4 Å². The van der Waals surface area contributed by atoms with Gasteiger partial charge in [-0.2, -0.15) is 5.10 Å². The number of aryl methyl sites for hydroxylation is 1. The molecule has 3 aromatic heterocycles. The van der Waals surface area contributed by atoms with Gasteiger partial charge in [0, 0.05) is 35.9 Å². The molecule has 0 bridgehead atoms. The van der Waals surface area contributed by atoms with Crippen LogP contribution in [0.25, 0.3) is 22.6 Å². The van der Waals surface area contributed by atoms with Crippen molar-refractivity contribution in [2.45, 2.75) is 0 Å². The molecule has 3 heterocycles. The highest BCUT2D eigenvalue weighted by Gasteiger charge is 2.15. The maximum atomic E-state index is 12.7. The first-order valence-electron chi connectivity index (χ1n) is 7.96. The molecular weight excluding hydrogens is 346 g/mol. The van der Waals surface area contributed by atoms with Crippen LogP contribution in [-0.2, 0) is 7.05 Å². The van der Waals surface area contributed by atoms with Crippen LogP contribution in [0.3, 0.4) is 0 Å². The Labute approximate surface area is 154 Å². The predicted molar refractivity (Wildman–Crippen MR) is 102 cm³/mol. The van der Waals surface area contributed by atoms with E-state index in [9.17, 15) is 4.79 Å². The maximum absolute atomic E-state index is 12.7. The molecule has 0 saturated heterocycles. The van der Waals surface area contributed by atoms with Gasteiger partial charge in [-0.05, 0) is 24.3 Å². The molecule has 6 nitrogen and oxygen atoms in total. The molecule has 0 fully saturated rings. The topological polar surface area (TPSA) is 72.7 Å². The lowest BCUT2D eigenvalue weighted by atomic mass is 10.1. The van der Waals surface area contributed by atoms with Crippen LogP contribution in [0.1, 0.15) is 10.4 Å². The summed E-state index contributed by atoms with van der Waals surface area (Å²) in [5, 5.41) is 9.31. The Morgan fingerprint density at radius 1 is 1.12 bits per heavy atom. The second kappa shape index (κ2) is 6.89. The SMILES string of the molecule is Cn1cc(NC(=O)c2cccc(-c3cscn3)c2)c(-c2ccccn2)n1. The van der Waals surface area contributed by atoms with Crippen LogP contribution in [0.15, 0.2) is 65.7 Å². The normalized spacial score (nSPS) is 10.7. The first-order chi connectivity index (χ1) is 12.7. The van der Waals surface area contributed by atoms with Crippen molar-refractivity contribution in [2.75, 3.05) is 5.32 Å². The van der Waals surface area contributed by atoms with Crippen LogP contribution in [0.2, 0.25) is 0 Å². The number of benzene rings is 1. The van der Waals surface area contributed by atoms with Gasteiger partial charge >= 0.3 is 0 Å². The number of pyridine rings is 1. The molecular formula is C19H15N5OS. The zero-order valence-electron chi connectivity index (χ0n) is 14.0. The highest BCUT2D eigenvalue weighted by molar-refractivity contribution is 7.07. The minimum Gasteiger partial charge on any atom is -0.319 e. The number of hydrogen-bond donors (Lipinski definition) is 1. The zero-order valence-corrected chi connectivity index (χ0v) is 14.8. The lowest BCUT2D eigenvalue weighted by molar-refractivity contribution is 0.102. The molecule has 0 unspecified atom stereocenters. The lowest BCUT2D eigenvalue weighted by Crippen LogP contribution is -2.12. The van der Waals surface area contributed by atoms with E-state index in [1.165, 1.54) is 11.3 Å². The summed E-state index contributed by atoms with van der Waals surface area (Å²) in [4.78, 5) is 21.4. The third kappa shape index (κ3) is 3.25. The Morgan fingerprint density at radius 3 is 2.81 bits per heavy atom. The summed E-state index contributed by atoms with van der Waals surface area (Å²) in [5.74, 6) is -0.202. The van der Waals surface area contributed by atoms with E-state index in [1.807, 2.05) is 48.8 Å². The highest BCUT2D eigenvalue weighted by atomic mass is 32.1. The summed E-state index contributed by atoms with van der Waals surface area (Å²) < 4.78 is 1.66. The van der Waals surface area contributed by atoms with Gasteiger partial charge in [0.15, 0.2) is 0 Å². The van der Waals surface area contributed by atoms with E-state index >= 15 is 0 Å². The fourth-order valence-electron chi connectivity index (χ4n) is 2.64. The Morgan fingerprint density at radius 2 is 2.04 bits per heavy atom. The monoisotopic (exact) mass is 361 g/mol. The van der Waals surface area contributed by atoms with Gasteiger partial charge in [-0.1, -0.05) is 18.2 Å². The molecule has 0 radical (unpaired) electrons. The molecule has 1 N–H and O–H groups in total. The van der Waals surface area contributed by atoms with E-state index in [4.69, 9.17) is 0 Å². The number of anilines is 1. The molecule has 4 aromatic rings. The number of carbonyl (C=O) groups is 1. The summed E-state index contributed by atoms with van der Waals surface area (Å²) in [6, 6.07) is 13.0. The molecule has 0 aliphatic carbocycles. The van der Waals surface area contributed by atoms with Gasteiger partial charge < -0.3 is 5.32 Å². The van der Waals surface area contributed by atoms with Crippen LogP contribution < -0.4 is 5.32 Å². The van der Waals surface area contributed by atoms with Crippen LogP contribution in [0, 0.1) is 0 Å². The van der Waals surface area contributed by atoms with Crippen molar-refractivity contribution in [3.8, 4) is 22.6 Å². The van der Waals surface area contributed by atoms with E-state index < -0.39 is 0 Å². The van der Waals surface area contributed by atoms with Crippen LogP contribution in [0.4, 0.5) is 5.69 Å². The molecule has 26 heavy (non-hydrogen) atoms. The quantitative estimate of drug-likeness (QED) is 0.599. The molecule has 1 aromatic carbocycles. The Bertz CT molecular complexity index is 1040. The van der Waals surface area contributed by atoms with Crippen LogP contribution in [0.5, 0.6) is 0 Å². The maximum Gasteiger partial charge on any atom is 0.255 e. The average Bonchev–Trinajstić information content (AvgIpc) is 3.32. The van der Waals surface area contributed by atoms with Gasteiger partial charge in [0.2, 0.25) is 0 Å². The summed E-state index contributed by atoms with van der Waals surface area (Å²) in [7, 11) is 1.81. The van der Waals surface area contributed by atoms with Gasteiger partial charge in [0.1, 0.15) is 5.69 Å². The Hall–Kier alpha value is -3.32. The third-order valence-electron chi connectivity index (χ3n) is 3.84. The lowest BCUT2D eigenvalue weighted by Gasteiger charge is -2.06. The number of thiazole rings is 1. The number of nitrogens with one attached hydrogen (secondary N) is 1. The zero-order chi connectivity index (χ0) is 17.9. The van der Waals surface area contributed by atoms with Crippen LogP contribution >= 0.6 is 11.3 Å². The number of hydrogen-bond acceptors (Lipinski definition) is 5. The molecule has 0 spiro atoms. The molecule has 0 aliphatic rings. The molecule has 0 aliphatic heterocycles. The highest BCUT2D eigenvalue weighted by Crippen LogP contribution is 2.25. The van der Waals surface area contributed by atoms with Gasteiger partial charge in [-0.3, -0.25) is 14.5 Å².